The van der Waals surface area contributed by atoms with Crippen LogP contribution in [-0.2, 0) is 20.9 Å². The maximum absolute atomic E-state index is 12.4. The lowest BCUT2D eigenvalue weighted by atomic mass is 10.1. The zero-order valence-electron chi connectivity index (χ0n) is 13.2. The summed E-state index contributed by atoms with van der Waals surface area (Å²) >= 11 is 0. The topological polar surface area (TPSA) is 76.5 Å². The van der Waals surface area contributed by atoms with Crippen molar-refractivity contribution in [3.8, 4) is 0 Å². The van der Waals surface area contributed by atoms with Gasteiger partial charge in [0.1, 0.15) is 6.04 Å². The molecular weight excluding hydrogens is 284 g/mol. The van der Waals surface area contributed by atoms with Gasteiger partial charge in [-0.05, 0) is 12.5 Å². The molecule has 0 unspecified atom stereocenters. The van der Waals surface area contributed by atoms with Gasteiger partial charge in [-0.3, -0.25) is 14.3 Å². The molecule has 7 nitrogen and oxygen atoms in total. The zero-order valence-corrected chi connectivity index (χ0v) is 13.2. The largest absolute Gasteiger partial charge is 0.383 e. The first-order valence-corrected chi connectivity index (χ1v) is 7.74. The summed E-state index contributed by atoms with van der Waals surface area (Å²) in [6.45, 7) is 3.86. The van der Waals surface area contributed by atoms with Crippen molar-refractivity contribution in [1.82, 2.24) is 20.0 Å². The average molecular weight is 308 g/mol. The van der Waals surface area contributed by atoms with Gasteiger partial charge in [0, 0.05) is 26.3 Å². The van der Waals surface area contributed by atoms with Crippen molar-refractivity contribution in [2.75, 3.05) is 26.8 Å². The Hall–Kier alpha value is -1.89. The van der Waals surface area contributed by atoms with Crippen molar-refractivity contribution in [3.63, 3.8) is 0 Å². The normalized spacial score (nSPS) is 17.2. The number of carbonyl (C=O) groups excluding carboxylic acids is 2. The molecule has 122 valence electrons. The van der Waals surface area contributed by atoms with Gasteiger partial charge in [-0.2, -0.15) is 5.10 Å². The molecule has 7 heteroatoms. The Kier molecular flexibility index (Phi) is 5.94. The average Bonchev–Trinajstić information content (AvgIpc) is 3.00. The first-order chi connectivity index (χ1) is 10.7. The molecule has 1 aromatic heterocycles. The number of hydrogen-bond donors (Lipinski definition) is 1. The Balaban J connectivity index is 2.05. The lowest BCUT2D eigenvalue weighted by Gasteiger charge is -2.33. The van der Waals surface area contributed by atoms with Crippen LogP contribution in [0.25, 0.3) is 0 Å². The van der Waals surface area contributed by atoms with Crippen LogP contribution in [0.3, 0.4) is 0 Å². The number of unbranched alkanes of at least 4 members (excludes halogenated alkanes) is 1. The predicted molar refractivity (Wildman–Crippen MR) is 81.1 cm³/mol. The van der Waals surface area contributed by atoms with E-state index in [-0.39, 0.29) is 11.8 Å². The molecule has 0 fully saturated rings. The summed E-state index contributed by atoms with van der Waals surface area (Å²) in [6, 6.07) is 1.38. The molecule has 1 aliphatic rings. The van der Waals surface area contributed by atoms with Crippen LogP contribution in [0.15, 0.2) is 12.3 Å². The van der Waals surface area contributed by atoms with Gasteiger partial charge in [0.2, 0.25) is 11.8 Å². The van der Waals surface area contributed by atoms with E-state index in [0.29, 0.717) is 32.7 Å². The molecule has 0 aromatic carbocycles. The maximum Gasteiger partial charge on any atom is 0.246 e. The van der Waals surface area contributed by atoms with Crippen molar-refractivity contribution >= 4 is 11.8 Å². The van der Waals surface area contributed by atoms with Crippen LogP contribution < -0.4 is 5.32 Å². The third kappa shape index (κ3) is 3.85. The number of ether oxygens (including phenoxy) is 1. The first kappa shape index (κ1) is 16.5. The fourth-order valence-electron chi connectivity index (χ4n) is 2.56. The van der Waals surface area contributed by atoms with E-state index < -0.39 is 6.04 Å². The molecule has 1 aliphatic heterocycles. The SMILES string of the molecule is CCCCC(=O)N1Cc2ccnn2[C@H](C(=O)NCCOC)C1. The molecule has 0 saturated heterocycles. The number of nitrogens with one attached hydrogen (secondary N) is 1. The van der Waals surface area contributed by atoms with E-state index in [4.69, 9.17) is 4.74 Å². The van der Waals surface area contributed by atoms with Crippen LogP contribution >= 0.6 is 0 Å². The minimum Gasteiger partial charge on any atom is -0.383 e. The van der Waals surface area contributed by atoms with Gasteiger partial charge in [-0.25, -0.2) is 0 Å². The third-order valence-corrected chi connectivity index (χ3v) is 3.80. The second-order valence-electron chi connectivity index (χ2n) is 5.44. The maximum atomic E-state index is 12.4. The molecule has 0 saturated carbocycles. The van der Waals surface area contributed by atoms with E-state index in [1.165, 1.54) is 0 Å². The minimum atomic E-state index is -0.471. The Morgan fingerprint density at radius 2 is 2.32 bits per heavy atom. The van der Waals surface area contributed by atoms with E-state index in [1.807, 2.05) is 6.07 Å². The summed E-state index contributed by atoms with van der Waals surface area (Å²) < 4.78 is 6.65. The number of nitrogens with zero attached hydrogens (tertiary/aromatic N) is 3. The van der Waals surface area contributed by atoms with Gasteiger partial charge in [-0.15, -0.1) is 0 Å². The smallest absolute Gasteiger partial charge is 0.246 e. The Morgan fingerprint density at radius 1 is 1.50 bits per heavy atom. The number of fused-ring (bicyclic) bond motifs is 1. The van der Waals surface area contributed by atoms with Crippen molar-refractivity contribution < 1.29 is 14.3 Å². The standard InChI is InChI=1S/C15H24N4O3/c1-3-4-5-14(20)18-10-12-6-7-17-19(12)13(11-18)15(21)16-8-9-22-2/h6-7,13H,3-5,8-11H2,1-2H3,(H,16,21)/t13-/m0/s1. The van der Waals surface area contributed by atoms with Gasteiger partial charge in [-0.1, -0.05) is 13.3 Å². The highest BCUT2D eigenvalue weighted by Crippen LogP contribution is 2.21. The van der Waals surface area contributed by atoms with Gasteiger partial charge in [0.15, 0.2) is 0 Å². The number of carbonyl (C=O) groups is 2. The summed E-state index contributed by atoms with van der Waals surface area (Å²) in [5, 5.41) is 7.05. The van der Waals surface area contributed by atoms with Crippen LogP contribution in [0.1, 0.15) is 37.9 Å². The lowest BCUT2D eigenvalue weighted by Crippen LogP contribution is -2.47. The van der Waals surface area contributed by atoms with Gasteiger partial charge in [0.05, 0.1) is 25.4 Å². The molecule has 1 N–H and O–H groups in total. The highest BCUT2D eigenvalue weighted by molar-refractivity contribution is 5.82. The van der Waals surface area contributed by atoms with E-state index in [1.54, 1.807) is 22.9 Å². The third-order valence-electron chi connectivity index (χ3n) is 3.80. The molecule has 2 amide bonds. The second-order valence-corrected chi connectivity index (χ2v) is 5.44. The van der Waals surface area contributed by atoms with E-state index in [9.17, 15) is 9.59 Å². The van der Waals surface area contributed by atoms with Crippen molar-refractivity contribution in [1.29, 1.82) is 0 Å². The molecule has 0 spiro atoms. The quantitative estimate of drug-likeness (QED) is 0.753. The number of hydrogen-bond acceptors (Lipinski definition) is 4. The van der Waals surface area contributed by atoms with Crippen molar-refractivity contribution in [2.45, 2.75) is 38.8 Å². The summed E-state index contributed by atoms with van der Waals surface area (Å²) in [6.07, 6.45) is 4.06. The van der Waals surface area contributed by atoms with Crippen LogP contribution in [0, 0.1) is 0 Å². The van der Waals surface area contributed by atoms with Crippen LogP contribution in [0.5, 0.6) is 0 Å². The summed E-state index contributed by atoms with van der Waals surface area (Å²) in [7, 11) is 1.59. The fraction of sp³-hybridized carbons (Fsp3) is 0.667. The molecule has 1 atom stereocenters. The number of rotatable bonds is 7. The van der Waals surface area contributed by atoms with Gasteiger partial charge in [0.25, 0.3) is 0 Å². The zero-order chi connectivity index (χ0) is 15.9. The van der Waals surface area contributed by atoms with Crippen molar-refractivity contribution in [3.05, 3.63) is 18.0 Å². The highest BCUT2D eigenvalue weighted by Gasteiger charge is 2.32. The van der Waals surface area contributed by atoms with Crippen molar-refractivity contribution in [2.24, 2.45) is 0 Å². The first-order valence-electron chi connectivity index (χ1n) is 7.74. The molecule has 2 heterocycles. The lowest BCUT2D eigenvalue weighted by molar-refractivity contribution is -0.135. The van der Waals surface area contributed by atoms with E-state index in [2.05, 4.69) is 17.3 Å². The molecule has 0 radical (unpaired) electrons. The van der Waals surface area contributed by atoms with Gasteiger partial charge < -0.3 is 15.0 Å². The molecular formula is C15H24N4O3. The predicted octanol–water partition coefficient (Wildman–Crippen LogP) is 0.719. The number of amides is 2. The molecule has 0 bridgehead atoms. The Labute approximate surface area is 130 Å². The Morgan fingerprint density at radius 3 is 3.05 bits per heavy atom. The number of methoxy groups -OCH3 is 1. The Bertz CT molecular complexity index is 515. The molecule has 1 aromatic rings. The van der Waals surface area contributed by atoms with Crippen LogP contribution in [0.2, 0.25) is 0 Å². The second kappa shape index (κ2) is 7.93. The van der Waals surface area contributed by atoms with E-state index in [0.717, 1.165) is 18.5 Å². The van der Waals surface area contributed by atoms with Crippen LogP contribution in [-0.4, -0.2) is 53.3 Å². The molecule has 2 rings (SSSR count). The summed E-state index contributed by atoms with van der Waals surface area (Å²) in [5.41, 5.74) is 0.892. The summed E-state index contributed by atoms with van der Waals surface area (Å²) in [5.74, 6) is -0.0287. The number of aromatic nitrogens is 2. The molecule has 0 aliphatic carbocycles. The van der Waals surface area contributed by atoms with Crippen LogP contribution in [0.4, 0.5) is 0 Å². The fourth-order valence-corrected chi connectivity index (χ4v) is 2.56. The molecule has 22 heavy (non-hydrogen) atoms. The highest BCUT2D eigenvalue weighted by atomic mass is 16.5. The van der Waals surface area contributed by atoms with E-state index >= 15 is 0 Å². The minimum absolute atomic E-state index is 0.101. The monoisotopic (exact) mass is 308 g/mol. The van der Waals surface area contributed by atoms with Gasteiger partial charge >= 0.3 is 0 Å². The summed E-state index contributed by atoms with van der Waals surface area (Å²) in [4.78, 5) is 26.4.